The van der Waals surface area contributed by atoms with Crippen LogP contribution in [0.1, 0.15) is 12.6 Å². The molecule has 6 heteroatoms. The maximum absolute atomic E-state index is 12.7. The molecule has 4 heterocycles. The van der Waals surface area contributed by atoms with Gasteiger partial charge in [0.2, 0.25) is 0 Å². The molecule has 0 spiro atoms. The Bertz CT molecular complexity index is 989. The summed E-state index contributed by atoms with van der Waals surface area (Å²) >= 11 is 0.139. The number of H-pyrrole nitrogens is 1. The van der Waals surface area contributed by atoms with Crippen LogP contribution in [0.4, 0.5) is 3.89 Å². The van der Waals surface area contributed by atoms with Crippen LogP contribution in [-0.2, 0) is 5.41 Å². The monoisotopic (exact) mass is 324 g/mol. The summed E-state index contributed by atoms with van der Waals surface area (Å²) in [5.41, 5.74) is 2.18. The number of halogens is 1. The molecule has 0 aromatic carbocycles. The minimum absolute atomic E-state index is 0.139. The Morgan fingerprint density at radius 3 is 3.00 bits per heavy atom. The van der Waals surface area contributed by atoms with Gasteiger partial charge in [0.05, 0.1) is 16.6 Å². The maximum atomic E-state index is 12.7. The molecule has 1 unspecified atom stereocenters. The van der Waals surface area contributed by atoms with Crippen LogP contribution in [0, 0.1) is 0 Å². The lowest BCUT2D eigenvalue weighted by molar-refractivity contribution is 0.793. The molecule has 0 saturated carbocycles. The Labute approximate surface area is 136 Å². The van der Waals surface area contributed by atoms with E-state index in [2.05, 4.69) is 15.0 Å². The highest BCUT2D eigenvalue weighted by Crippen LogP contribution is 2.30. The van der Waals surface area contributed by atoms with E-state index in [9.17, 15) is 3.89 Å². The Kier molecular flexibility index (Phi) is 3.27. The van der Waals surface area contributed by atoms with Crippen LogP contribution >= 0.6 is 12.1 Å². The van der Waals surface area contributed by atoms with Crippen molar-refractivity contribution in [3.8, 4) is 0 Å². The lowest BCUT2D eigenvalue weighted by Crippen LogP contribution is -2.22. The van der Waals surface area contributed by atoms with Crippen LogP contribution in [0.2, 0.25) is 0 Å². The average Bonchev–Trinajstić information content (AvgIpc) is 2.83. The Balaban J connectivity index is 1.85. The number of aromatic amines is 1. The number of allylic oxidation sites excluding steroid dienone is 3. The van der Waals surface area contributed by atoms with Crippen LogP contribution in [0.15, 0.2) is 58.8 Å². The van der Waals surface area contributed by atoms with E-state index < -0.39 is 5.41 Å². The number of rotatable bonds is 2. The van der Waals surface area contributed by atoms with Gasteiger partial charge in [-0.25, -0.2) is 4.98 Å². The first-order chi connectivity index (χ1) is 11.2. The maximum Gasteiger partial charge on any atom is 0.138 e. The van der Waals surface area contributed by atoms with Gasteiger partial charge in [-0.05, 0) is 31.2 Å². The van der Waals surface area contributed by atoms with E-state index in [4.69, 9.17) is 4.98 Å². The fourth-order valence-corrected chi connectivity index (χ4v) is 2.95. The van der Waals surface area contributed by atoms with Crippen LogP contribution in [0.25, 0.3) is 21.9 Å². The topological polar surface area (TPSA) is 53.9 Å². The van der Waals surface area contributed by atoms with Gasteiger partial charge in [0.15, 0.2) is 0 Å². The third-order valence-electron chi connectivity index (χ3n) is 4.03. The standard InChI is InChI=1S/C17H13FN4S/c1-17(7-2-3-15(23-18)20-10-17)14-5-4-11-12-9-19-8-6-13(12)21-16(11)22-14/h2-10H,1H3,(H,21,22). The largest absolute Gasteiger partial charge is 0.339 e. The Morgan fingerprint density at radius 2 is 2.13 bits per heavy atom. The summed E-state index contributed by atoms with van der Waals surface area (Å²) in [5, 5.41) is 2.42. The molecule has 1 atom stereocenters. The van der Waals surface area contributed by atoms with Gasteiger partial charge in [-0.15, -0.1) is 0 Å². The van der Waals surface area contributed by atoms with Gasteiger partial charge in [0.1, 0.15) is 22.8 Å². The molecule has 23 heavy (non-hydrogen) atoms. The van der Waals surface area contributed by atoms with Gasteiger partial charge in [0.25, 0.3) is 0 Å². The highest BCUT2D eigenvalue weighted by atomic mass is 32.2. The molecular weight excluding hydrogens is 311 g/mol. The van der Waals surface area contributed by atoms with E-state index in [-0.39, 0.29) is 12.1 Å². The first-order valence-electron chi connectivity index (χ1n) is 7.16. The number of hydrogen-bond acceptors (Lipinski definition) is 4. The highest BCUT2D eigenvalue weighted by Gasteiger charge is 2.25. The highest BCUT2D eigenvalue weighted by molar-refractivity contribution is 7.98. The van der Waals surface area contributed by atoms with Crippen molar-refractivity contribution < 1.29 is 3.89 Å². The summed E-state index contributed by atoms with van der Waals surface area (Å²) in [5.74, 6) is 0. The second-order valence-electron chi connectivity index (χ2n) is 5.62. The molecule has 4 rings (SSSR count). The molecule has 1 N–H and O–H groups in total. The second kappa shape index (κ2) is 5.31. The van der Waals surface area contributed by atoms with Crippen molar-refractivity contribution in [2.24, 2.45) is 4.99 Å². The lowest BCUT2D eigenvalue weighted by atomic mass is 9.87. The molecule has 3 aromatic rings. The summed E-state index contributed by atoms with van der Waals surface area (Å²) in [6.07, 6.45) is 10.8. The van der Waals surface area contributed by atoms with Crippen molar-refractivity contribution in [1.82, 2.24) is 15.0 Å². The summed E-state index contributed by atoms with van der Waals surface area (Å²) in [6.45, 7) is 2.01. The predicted molar refractivity (Wildman–Crippen MR) is 93.2 cm³/mol. The van der Waals surface area contributed by atoms with Crippen LogP contribution in [0.5, 0.6) is 0 Å². The fourth-order valence-electron chi connectivity index (χ4n) is 2.73. The van der Waals surface area contributed by atoms with E-state index >= 15 is 0 Å². The molecule has 114 valence electrons. The zero-order chi connectivity index (χ0) is 15.9. The van der Waals surface area contributed by atoms with E-state index in [0.29, 0.717) is 5.03 Å². The summed E-state index contributed by atoms with van der Waals surface area (Å²) in [4.78, 5) is 16.4. The molecule has 0 fully saturated rings. The molecule has 4 nitrogen and oxygen atoms in total. The van der Waals surface area contributed by atoms with Crippen LogP contribution in [0.3, 0.4) is 0 Å². The number of pyridine rings is 2. The molecule has 0 radical (unpaired) electrons. The van der Waals surface area contributed by atoms with E-state index in [1.165, 1.54) is 0 Å². The predicted octanol–water partition coefficient (Wildman–Crippen LogP) is 4.47. The smallest absolute Gasteiger partial charge is 0.138 e. The van der Waals surface area contributed by atoms with Crippen LogP contribution in [-0.4, -0.2) is 21.2 Å². The molecule has 0 saturated heterocycles. The first kappa shape index (κ1) is 14.1. The normalized spacial score (nSPS) is 20.9. The minimum Gasteiger partial charge on any atom is -0.339 e. The molecule has 1 aliphatic rings. The van der Waals surface area contributed by atoms with E-state index in [1.807, 2.05) is 43.5 Å². The van der Waals surface area contributed by atoms with Gasteiger partial charge in [0, 0.05) is 29.4 Å². The van der Waals surface area contributed by atoms with E-state index in [1.54, 1.807) is 18.5 Å². The molecule has 0 aliphatic carbocycles. The molecular formula is C17H13FN4S. The number of fused-ring (bicyclic) bond motifs is 3. The van der Waals surface area contributed by atoms with Gasteiger partial charge < -0.3 is 4.98 Å². The molecule has 0 amide bonds. The fraction of sp³-hybridized carbons (Fsp3) is 0.118. The quantitative estimate of drug-likeness (QED) is 0.757. The van der Waals surface area contributed by atoms with Gasteiger partial charge in [-0.1, -0.05) is 12.2 Å². The summed E-state index contributed by atoms with van der Waals surface area (Å²) in [6, 6.07) is 5.95. The molecule has 1 aliphatic heterocycles. The zero-order valence-corrected chi connectivity index (χ0v) is 13.1. The van der Waals surface area contributed by atoms with Gasteiger partial charge in [-0.2, -0.15) is 3.89 Å². The van der Waals surface area contributed by atoms with Crippen molar-refractivity contribution >= 4 is 40.3 Å². The molecule has 3 aromatic heterocycles. The zero-order valence-electron chi connectivity index (χ0n) is 12.3. The summed E-state index contributed by atoms with van der Waals surface area (Å²) < 4.78 is 12.7. The van der Waals surface area contributed by atoms with Crippen molar-refractivity contribution in [2.75, 3.05) is 0 Å². The van der Waals surface area contributed by atoms with Gasteiger partial charge >= 0.3 is 0 Å². The number of nitrogens with one attached hydrogen (secondary N) is 1. The van der Waals surface area contributed by atoms with E-state index in [0.717, 1.165) is 27.6 Å². The number of aromatic nitrogens is 3. The number of aliphatic imine (C=N–C) groups is 1. The van der Waals surface area contributed by atoms with Crippen molar-refractivity contribution in [3.63, 3.8) is 0 Å². The SMILES string of the molecule is CC1(c2ccc3c(n2)[nH]c2ccncc23)C=CC=C(SF)N=C1. The van der Waals surface area contributed by atoms with Crippen molar-refractivity contribution in [2.45, 2.75) is 12.3 Å². The second-order valence-corrected chi connectivity index (χ2v) is 6.19. The third-order valence-corrected chi connectivity index (χ3v) is 4.43. The van der Waals surface area contributed by atoms with Crippen molar-refractivity contribution in [3.05, 3.63) is 59.5 Å². The van der Waals surface area contributed by atoms with Crippen LogP contribution < -0.4 is 0 Å². The first-order valence-corrected chi connectivity index (χ1v) is 7.87. The number of hydrogen-bond donors (Lipinski definition) is 1. The minimum atomic E-state index is -0.488. The Morgan fingerprint density at radius 1 is 1.22 bits per heavy atom. The average molecular weight is 324 g/mol. The van der Waals surface area contributed by atoms with Gasteiger partial charge in [-0.3, -0.25) is 9.98 Å². The summed E-state index contributed by atoms with van der Waals surface area (Å²) in [7, 11) is 0. The third kappa shape index (κ3) is 2.35. The van der Waals surface area contributed by atoms with Crippen molar-refractivity contribution in [1.29, 1.82) is 0 Å². The lowest BCUT2D eigenvalue weighted by Gasteiger charge is -2.19. The molecule has 0 bridgehead atoms. The number of nitrogens with zero attached hydrogens (tertiary/aromatic N) is 3. The Hall–Kier alpha value is -2.47.